The number of nitrogens with two attached hydrogens (primary N) is 1. The van der Waals surface area contributed by atoms with Crippen LogP contribution in [0.5, 0.6) is 0 Å². The van der Waals surface area contributed by atoms with E-state index in [0.717, 1.165) is 18.4 Å². The van der Waals surface area contributed by atoms with Gasteiger partial charge in [-0.05, 0) is 42.2 Å². The molecule has 0 fully saturated rings. The van der Waals surface area contributed by atoms with E-state index >= 15 is 0 Å². The van der Waals surface area contributed by atoms with Gasteiger partial charge in [-0.2, -0.15) is 0 Å². The molecule has 0 spiro atoms. The number of aryl methyl sites for hydroxylation is 1. The van der Waals surface area contributed by atoms with E-state index in [1.807, 2.05) is 5.38 Å². The molecule has 0 radical (unpaired) electrons. The maximum Gasteiger partial charge on any atom is 0.305 e. The summed E-state index contributed by atoms with van der Waals surface area (Å²) in [6.45, 7) is 0. The van der Waals surface area contributed by atoms with E-state index in [1.54, 1.807) is 11.3 Å². The summed E-state index contributed by atoms with van der Waals surface area (Å²) < 4.78 is 0. The zero-order valence-electron chi connectivity index (χ0n) is 8.53. The monoisotopic (exact) mass is 225 g/mol. The van der Waals surface area contributed by atoms with Crippen molar-refractivity contribution >= 4 is 17.3 Å². The van der Waals surface area contributed by atoms with Crippen molar-refractivity contribution in [1.82, 2.24) is 0 Å². The summed E-state index contributed by atoms with van der Waals surface area (Å²) in [6.07, 6.45) is 4.70. The predicted molar refractivity (Wildman–Crippen MR) is 60.1 cm³/mol. The SMILES string of the molecule is NC(CC(=O)O)c1csc2c1CCCC2. The van der Waals surface area contributed by atoms with Gasteiger partial charge in [0.05, 0.1) is 6.42 Å². The van der Waals surface area contributed by atoms with Gasteiger partial charge in [-0.15, -0.1) is 11.3 Å². The normalized spacial score (nSPS) is 17.1. The number of hydrogen-bond acceptors (Lipinski definition) is 3. The lowest BCUT2D eigenvalue weighted by Crippen LogP contribution is -2.16. The van der Waals surface area contributed by atoms with E-state index in [0.29, 0.717) is 0 Å². The third kappa shape index (κ3) is 2.21. The van der Waals surface area contributed by atoms with Crippen LogP contribution in [0.2, 0.25) is 0 Å². The minimum atomic E-state index is -0.821. The summed E-state index contributed by atoms with van der Waals surface area (Å²) in [5, 5.41) is 10.8. The standard InChI is InChI=1S/C11H15NO2S/c12-9(5-11(13)14)8-6-15-10-4-2-1-3-7(8)10/h6,9H,1-5,12H2,(H,13,14). The van der Waals surface area contributed by atoms with Gasteiger partial charge in [0, 0.05) is 10.9 Å². The number of hydrogen-bond donors (Lipinski definition) is 2. The zero-order chi connectivity index (χ0) is 10.8. The van der Waals surface area contributed by atoms with E-state index in [4.69, 9.17) is 10.8 Å². The second-order valence-corrected chi connectivity index (χ2v) is 4.97. The quantitative estimate of drug-likeness (QED) is 0.828. The fraction of sp³-hybridized carbons (Fsp3) is 0.545. The Bertz CT molecular complexity index is 373. The van der Waals surface area contributed by atoms with Gasteiger partial charge in [0.15, 0.2) is 0 Å². The van der Waals surface area contributed by atoms with E-state index < -0.39 is 5.97 Å². The molecule has 4 heteroatoms. The summed E-state index contributed by atoms with van der Waals surface area (Å²) in [5.74, 6) is -0.821. The summed E-state index contributed by atoms with van der Waals surface area (Å²) >= 11 is 1.73. The van der Waals surface area contributed by atoms with Crippen molar-refractivity contribution in [2.45, 2.75) is 38.1 Å². The lowest BCUT2D eigenvalue weighted by atomic mass is 9.92. The number of carboxylic acid groups (broad SMARTS) is 1. The molecule has 1 aliphatic rings. The molecule has 82 valence electrons. The maximum absolute atomic E-state index is 10.6. The largest absolute Gasteiger partial charge is 0.481 e. The Morgan fingerprint density at radius 3 is 3.00 bits per heavy atom. The summed E-state index contributed by atoms with van der Waals surface area (Å²) in [5.41, 5.74) is 8.29. The molecular weight excluding hydrogens is 210 g/mol. The van der Waals surface area contributed by atoms with Crippen molar-refractivity contribution in [2.75, 3.05) is 0 Å². The molecule has 15 heavy (non-hydrogen) atoms. The summed E-state index contributed by atoms with van der Waals surface area (Å²) in [6, 6.07) is -0.333. The molecule has 0 bridgehead atoms. The van der Waals surface area contributed by atoms with E-state index in [1.165, 1.54) is 23.3 Å². The molecule has 0 saturated heterocycles. The van der Waals surface area contributed by atoms with Crippen LogP contribution in [0.1, 0.15) is 41.3 Å². The first-order chi connectivity index (χ1) is 7.18. The fourth-order valence-electron chi connectivity index (χ4n) is 2.13. The van der Waals surface area contributed by atoms with Crippen molar-refractivity contribution in [2.24, 2.45) is 5.73 Å². The minimum Gasteiger partial charge on any atom is -0.481 e. The van der Waals surface area contributed by atoms with Crippen LogP contribution in [-0.4, -0.2) is 11.1 Å². The number of fused-ring (bicyclic) bond motifs is 1. The molecular formula is C11H15NO2S. The van der Waals surface area contributed by atoms with Gasteiger partial charge in [0.1, 0.15) is 0 Å². The third-order valence-electron chi connectivity index (χ3n) is 2.89. The van der Waals surface area contributed by atoms with Gasteiger partial charge in [0.25, 0.3) is 0 Å². The number of carbonyl (C=O) groups is 1. The maximum atomic E-state index is 10.6. The lowest BCUT2D eigenvalue weighted by Gasteiger charge is -2.15. The van der Waals surface area contributed by atoms with E-state index in [9.17, 15) is 4.79 Å². The van der Waals surface area contributed by atoms with Crippen molar-refractivity contribution in [3.63, 3.8) is 0 Å². The summed E-state index contributed by atoms with van der Waals surface area (Å²) in [4.78, 5) is 12.0. The van der Waals surface area contributed by atoms with Crippen molar-refractivity contribution in [1.29, 1.82) is 0 Å². The van der Waals surface area contributed by atoms with Crippen molar-refractivity contribution in [3.05, 3.63) is 21.4 Å². The van der Waals surface area contributed by atoms with Gasteiger partial charge in [0.2, 0.25) is 0 Å². The molecule has 0 saturated carbocycles. The molecule has 1 aliphatic carbocycles. The highest BCUT2D eigenvalue weighted by molar-refractivity contribution is 7.10. The van der Waals surface area contributed by atoms with E-state index in [-0.39, 0.29) is 12.5 Å². The van der Waals surface area contributed by atoms with Gasteiger partial charge >= 0.3 is 5.97 Å². The Morgan fingerprint density at radius 1 is 1.53 bits per heavy atom. The molecule has 1 heterocycles. The van der Waals surface area contributed by atoms with Crippen molar-refractivity contribution in [3.8, 4) is 0 Å². The van der Waals surface area contributed by atoms with Crippen LogP contribution in [0.3, 0.4) is 0 Å². The van der Waals surface area contributed by atoms with Crippen molar-refractivity contribution < 1.29 is 9.90 Å². The molecule has 0 amide bonds. The van der Waals surface area contributed by atoms with Gasteiger partial charge < -0.3 is 10.8 Å². The van der Waals surface area contributed by atoms with E-state index in [2.05, 4.69) is 0 Å². The van der Waals surface area contributed by atoms with Crippen LogP contribution >= 0.6 is 11.3 Å². The zero-order valence-corrected chi connectivity index (χ0v) is 9.35. The van der Waals surface area contributed by atoms with Crippen LogP contribution in [-0.2, 0) is 17.6 Å². The van der Waals surface area contributed by atoms with Gasteiger partial charge in [-0.25, -0.2) is 0 Å². The Balaban J connectivity index is 2.20. The average Bonchev–Trinajstić information content (AvgIpc) is 2.59. The first kappa shape index (κ1) is 10.6. The average molecular weight is 225 g/mol. The number of carboxylic acids is 1. The predicted octanol–water partition coefficient (Wildman–Crippen LogP) is 2.10. The van der Waals surface area contributed by atoms with Crippen LogP contribution in [0.15, 0.2) is 5.38 Å². The Kier molecular flexibility index (Phi) is 3.07. The molecule has 3 N–H and O–H groups in total. The minimum absolute atomic E-state index is 0.0309. The Labute approximate surface area is 92.9 Å². The summed E-state index contributed by atoms with van der Waals surface area (Å²) in [7, 11) is 0. The molecule has 2 rings (SSSR count). The Morgan fingerprint density at radius 2 is 2.27 bits per heavy atom. The van der Waals surface area contributed by atoms with Crippen LogP contribution in [0, 0.1) is 0 Å². The van der Waals surface area contributed by atoms with Crippen LogP contribution < -0.4 is 5.73 Å². The molecule has 1 aromatic rings. The van der Waals surface area contributed by atoms with Gasteiger partial charge in [-0.3, -0.25) is 4.79 Å². The highest BCUT2D eigenvalue weighted by Crippen LogP contribution is 2.33. The first-order valence-electron chi connectivity index (χ1n) is 5.25. The molecule has 0 aromatic carbocycles. The second kappa shape index (κ2) is 4.33. The highest BCUT2D eigenvalue weighted by atomic mass is 32.1. The topological polar surface area (TPSA) is 63.3 Å². The highest BCUT2D eigenvalue weighted by Gasteiger charge is 2.20. The number of aliphatic carboxylic acids is 1. The fourth-order valence-corrected chi connectivity index (χ4v) is 3.34. The first-order valence-corrected chi connectivity index (χ1v) is 6.13. The van der Waals surface area contributed by atoms with Gasteiger partial charge in [-0.1, -0.05) is 0 Å². The smallest absolute Gasteiger partial charge is 0.305 e. The van der Waals surface area contributed by atoms with Crippen LogP contribution in [0.4, 0.5) is 0 Å². The second-order valence-electron chi connectivity index (χ2n) is 4.00. The molecule has 1 atom stereocenters. The number of rotatable bonds is 3. The Hall–Kier alpha value is -0.870. The van der Waals surface area contributed by atoms with Crippen LogP contribution in [0.25, 0.3) is 0 Å². The molecule has 3 nitrogen and oxygen atoms in total. The third-order valence-corrected chi connectivity index (χ3v) is 3.99. The molecule has 0 aliphatic heterocycles. The molecule has 1 aromatic heterocycles. The lowest BCUT2D eigenvalue weighted by molar-refractivity contribution is -0.137. The number of thiophene rings is 1. The molecule has 1 unspecified atom stereocenters.